The second-order valence-corrected chi connectivity index (χ2v) is 6.53. The number of hydrogen-bond acceptors (Lipinski definition) is 2. The molecule has 1 fully saturated rings. The molecule has 0 unspecified atom stereocenters. The van der Waals surface area contributed by atoms with Gasteiger partial charge in [-0.3, -0.25) is 9.59 Å². The molecule has 0 spiro atoms. The zero-order chi connectivity index (χ0) is 15.2. The molecule has 1 heterocycles. The van der Waals surface area contributed by atoms with Crippen LogP contribution in [-0.4, -0.2) is 23.9 Å². The van der Waals surface area contributed by atoms with Crippen molar-refractivity contribution < 1.29 is 9.59 Å². The molecule has 2 aromatic rings. The van der Waals surface area contributed by atoms with E-state index in [2.05, 4.69) is 21.2 Å². The first-order valence-corrected chi connectivity index (χ1v) is 7.50. The number of halogens is 1. The van der Waals surface area contributed by atoms with Crippen LogP contribution in [0.2, 0.25) is 0 Å². The Balaban J connectivity index is 2.18. The molecule has 1 aliphatic heterocycles. The van der Waals surface area contributed by atoms with Crippen LogP contribution in [0.5, 0.6) is 0 Å². The van der Waals surface area contributed by atoms with Crippen molar-refractivity contribution in [2.45, 2.75) is 19.4 Å². The van der Waals surface area contributed by atoms with Crippen LogP contribution in [0.1, 0.15) is 13.8 Å². The molecule has 108 valence electrons. The molecule has 4 nitrogen and oxygen atoms in total. The van der Waals surface area contributed by atoms with Crippen LogP contribution < -0.4 is 10.2 Å². The lowest BCUT2D eigenvalue weighted by Gasteiger charge is -2.37. The molecule has 2 aromatic carbocycles. The van der Waals surface area contributed by atoms with Crippen molar-refractivity contribution in [2.75, 3.05) is 11.4 Å². The molecule has 0 bridgehead atoms. The van der Waals surface area contributed by atoms with Gasteiger partial charge < -0.3 is 10.2 Å². The van der Waals surface area contributed by atoms with E-state index in [9.17, 15) is 9.59 Å². The van der Waals surface area contributed by atoms with Crippen LogP contribution in [0, 0.1) is 0 Å². The van der Waals surface area contributed by atoms with E-state index < -0.39 is 5.54 Å². The Labute approximate surface area is 131 Å². The maximum Gasteiger partial charge on any atom is 0.252 e. The third-order valence-electron chi connectivity index (χ3n) is 3.67. The predicted octanol–water partition coefficient (Wildman–Crippen LogP) is 2.84. The summed E-state index contributed by atoms with van der Waals surface area (Å²) in [4.78, 5) is 26.1. The fraction of sp³-hybridized carbons (Fsp3) is 0.250. The molecule has 0 atom stereocenters. The summed E-state index contributed by atoms with van der Waals surface area (Å²) < 4.78 is 0.968. The number of nitrogens with zero attached hydrogens (tertiary/aromatic N) is 1. The predicted molar refractivity (Wildman–Crippen MR) is 86.2 cm³/mol. The van der Waals surface area contributed by atoms with E-state index in [0.717, 1.165) is 20.9 Å². The third-order valence-corrected chi connectivity index (χ3v) is 4.36. The van der Waals surface area contributed by atoms with E-state index in [1.165, 1.54) is 0 Å². The average molecular weight is 347 g/mol. The van der Waals surface area contributed by atoms with E-state index in [1.807, 2.05) is 36.4 Å². The van der Waals surface area contributed by atoms with Crippen LogP contribution in [0.25, 0.3) is 10.8 Å². The standard InChI is InChI=1S/C16H15BrN2O2/c1-16(2)15(21)19(9-14(20)18-16)13-8-7-12(17)10-5-3-4-6-11(10)13/h3-8H,9H2,1-2H3,(H,18,20). The Morgan fingerprint density at radius 1 is 1.10 bits per heavy atom. The van der Waals surface area contributed by atoms with Gasteiger partial charge in [-0.15, -0.1) is 0 Å². The summed E-state index contributed by atoms with van der Waals surface area (Å²) in [5.74, 6) is -0.249. The highest BCUT2D eigenvalue weighted by atomic mass is 79.9. The van der Waals surface area contributed by atoms with Crippen LogP contribution in [-0.2, 0) is 9.59 Å². The van der Waals surface area contributed by atoms with E-state index in [0.29, 0.717) is 0 Å². The number of carbonyl (C=O) groups is 2. The Hall–Kier alpha value is -1.88. The molecular weight excluding hydrogens is 332 g/mol. The molecule has 1 aliphatic rings. The van der Waals surface area contributed by atoms with Crippen molar-refractivity contribution in [3.63, 3.8) is 0 Å². The lowest BCUT2D eigenvalue weighted by Crippen LogP contribution is -2.64. The summed E-state index contributed by atoms with van der Waals surface area (Å²) in [6.45, 7) is 3.49. The zero-order valence-electron chi connectivity index (χ0n) is 11.8. The summed E-state index contributed by atoms with van der Waals surface area (Å²) in [7, 11) is 0. The first-order valence-electron chi connectivity index (χ1n) is 6.70. The highest BCUT2D eigenvalue weighted by molar-refractivity contribution is 9.10. The van der Waals surface area contributed by atoms with E-state index in [-0.39, 0.29) is 18.4 Å². The van der Waals surface area contributed by atoms with Gasteiger partial charge in [0.1, 0.15) is 12.1 Å². The van der Waals surface area contributed by atoms with Gasteiger partial charge in [-0.25, -0.2) is 0 Å². The minimum atomic E-state index is -0.885. The minimum Gasteiger partial charge on any atom is -0.341 e. The molecule has 0 radical (unpaired) electrons. The molecule has 0 aliphatic carbocycles. The van der Waals surface area contributed by atoms with Gasteiger partial charge in [0, 0.05) is 9.86 Å². The van der Waals surface area contributed by atoms with Crippen molar-refractivity contribution in [1.29, 1.82) is 0 Å². The number of amides is 2. The number of hydrogen-bond donors (Lipinski definition) is 1. The first kappa shape index (κ1) is 14.1. The normalized spacial score (nSPS) is 18.0. The molecule has 1 saturated heterocycles. The third kappa shape index (κ3) is 2.31. The average Bonchev–Trinajstić information content (AvgIpc) is 2.43. The summed E-state index contributed by atoms with van der Waals surface area (Å²) in [6.07, 6.45) is 0. The molecular formula is C16H15BrN2O2. The van der Waals surface area contributed by atoms with E-state index >= 15 is 0 Å². The van der Waals surface area contributed by atoms with E-state index in [4.69, 9.17) is 0 Å². The second kappa shape index (κ2) is 4.84. The highest BCUT2D eigenvalue weighted by Gasteiger charge is 2.40. The molecule has 0 aromatic heterocycles. The van der Waals surface area contributed by atoms with E-state index in [1.54, 1.807) is 18.7 Å². The van der Waals surface area contributed by atoms with Crippen molar-refractivity contribution in [3.05, 3.63) is 40.9 Å². The smallest absolute Gasteiger partial charge is 0.252 e. The molecule has 21 heavy (non-hydrogen) atoms. The quantitative estimate of drug-likeness (QED) is 0.863. The Bertz CT molecular complexity index is 755. The van der Waals surface area contributed by atoms with Gasteiger partial charge in [0.15, 0.2) is 0 Å². The Morgan fingerprint density at radius 3 is 2.48 bits per heavy atom. The number of piperazine rings is 1. The molecule has 5 heteroatoms. The number of fused-ring (bicyclic) bond motifs is 1. The maximum absolute atomic E-state index is 12.6. The van der Waals surface area contributed by atoms with Gasteiger partial charge >= 0.3 is 0 Å². The number of anilines is 1. The summed E-state index contributed by atoms with van der Waals surface area (Å²) in [5.41, 5.74) is -0.120. The SMILES string of the molecule is CC1(C)NC(=O)CN(c2ccc(Br)c3ccccc23)C1=O. The van der Waals surface area contributed by atoms with Gasteiger partial charge in [0.25, 0.3) is 5.91 Å². The Morgan fingerprint density at radius 2 is 1.76 bits per heavy atom. The minimum absolute atomic E-state index is 0.0495. The first-order chi connectivity index (χ1) is 9.90. The van der Waals surface area contributed by atoms with Gasteiger partial charge in [-0.2, -0.15) is 0 Å². The zero-order valence-corrected chi connectivity index (χ0v) is 13.4. The van der Waals surface area contributed by atoms with Crippen LogP contribution in [0.15, 0.2) is 40.9 Å². The fourth-order valence-electron chi connectivity index (χ4n) is 2.67. The fourth-order valence-corrected chi connectivity index (χ4v) is 3.15. The van der Waals surface area contributed by atoms with Crippen molar-refractivity contribution in [3.8, 4) is 0 Å². The van der Waals surface area contributed by atoms with Gasteiger partial charge in [-0.1, -0.05) is 40.2 Å². The number of benzene rings is 2. The molecule has 0 saturated carbocycles. The number of nitrogens with one attached hydrogen (secondary N) is 1. The number of carbonyl (C=O) groups excluding carboxylic acids is 2. The van der Waals surface area contributed by atoms with Crippen molar-refractivity contribution in [2.24, 2.45) is 0 Å². The number of rotatable bonds is 1. The molecule has 3 rings (SSSR count). The summed E-state index contributed by atoms with van der Waals surface area (Å²) in [6, 6.07) is 11.6. The monoisotopic (exact) mass is 346 g/mol. The van der Waals surface area contributed by atoms with Crippen molar-refractivity contribution in [1.82, 2.24) is 5.32 Å². The molecule has 1 N–H and O–H groups in total. The summed E-state index contributed by atoms with van der Waals surface area (Å²) in [5, 5.41) is 4.69. The summed E-state index contributed by atoms with van der Waals surface area (Å²) >= 11 is 3.52. The lowest BCUT2D eigenvalue weighted by atomic mass is 9.98. The van der Waals surface area contributed by atoms with Crippen LogP contribution >= 0.6 is 15.9 Å². The lowest BCUT2D eigenvalue weighted by molar-refractivity contribution is -0.134. The topological polar surface area (TPSA) is 49.4 Å². The second-order valence-electron chi connectivity index (χ2n) is 5.68. The van der Waals surface area contributed by atoms with Crippen LogP contribution in [0.4, 0.5) is 5.69 Å². The van der Waals surface area contributed by atoms with Gasteiger partial charge in [0.2, 0.25) is 5.91 Å². The Kier molecular flexibility index (Phi) is 3.24. The van der Waals surface area contributed by atoms with Gasteiger partial charge in [-0.05, 0) is 31.4 Å². The van der Waals surface area contributed by atoms with Crippen molar-refractivity contribution >= 4 is 44.2 Å². The van der Waals surface area contributed by atoms with Crippen LogP contribution in [0.3, 0.4) is 0 Å². The molecule has 2 amide bonds. The largest absolute Gasteiger partial charge is 0.341 e. The maximum atomic E-state index is 12.6. The highest BCUT2D eigenvalue weighted by Crippen LogP contribution is 2.33. The van der Waals surface area contributed by atoms with Gasteiger partial charge in [0.05, 0.1) is 5.69 Å².